The molecule has 0 atom stereocenters. The van der Waals surface area contributed by atoms with Crippen LogP contribution in [0.2, 0.25) is 0 Å². The first-order chi connectivity index (χ1) is 8.96. The van der Waals surface area contributed by atoms with Crippen molar-refractivity contribution in [3.63, 3.8) is 0 Å². The van der Waals surface area contributed by atoms with Crippen molar-refractivity contribution in [2.24, 2.45) is 0 Å². The van der Waals surface area contributed by atoms with Crippen molar-refractivity contribution in [2.45, 2.75) is 26.4 Å². The molecule has 0 fully saturated rings. The number of carbonyl (C=O) groups is 1. The molecule has 98 valence electrons. The molecule has 2 heterocycles. The monoisotopic (exact) mass is 256 g/mol. The van der Waals surface area contributed by atoms with E-state index >= 15 is 0 Å². The van der Waals surface area contributed by atoms with Crippen molar-refractivity contribution in [1.29, 1.82) is 0 Å². The molecule has 2 rings (SSSR count). The summed E-state index contributed by atoms with van der Waals surface area (Å²) < 4.78 is 5.33. The molecule has 0 unspecified atom stereocenters. The summed E-state index contributed by atoms with van der Waals surface area (Å²) in [7, 11) is 0. The maximum atomic E-state index is 12.0. The Kier molecular flexibility index (Phi) is 3.60. The molecule has 0 saturated heterocycles. The molecular weight excluding hydrogens is 240 g/mol. The Morgan fingerprint density at radius 2 is 1.79 bits per heavy atom. The lowest BCUT2D eigenvalue weighted by Crippen LogP contribution is -2.23. The van der Waals surface area contributed by atoms with Gasteiger partial charge in [0.15, 0.2) is 0 Å². The smallest absolute Gasteiger partial charge is 0.338 e. The Bertz CT molecular complexity index is 574. The number of nitrogens with zero attached hydrogens (tertiary/aromatic N) is 2. The minimum Gasteiger partial charge on any atom is -0.456 e. The molecule has 0 N–H and O–H groups in total. The third-order valence-corrected chi connectivity index (χ3v) is 2.32. The lowest BCUT2D eigenvalue weighted by molar-refractivity contribution is 0.00695. The number of ether oxygens (including phenoxy) is 1. The average molecular weight is 256 g/mol. The lowest BCUT2D eigenvalue weighted by Gasteiger charge is -2.19. The van der Waals surface area contributed by atoms with Gasteiger partial charge in [0.05, 0.1) is 17.0 Å². The SMILES string of the molecule is CC(C)(C)OC(=O)c1ccnc(-c2ccccn2)c1. The molecule has 0 spiro atoms. The predicted molar refractivity (Wildman–Crippen MR) is 72.6 cm³/mol. The number of pyridine rings is 2. The van der Waals surface area contributed by atoms with Crippen LogP contribution >= 0.6 is 0 Å². The second-order valence-electron chi connectivity index (χ2n) is 5.15. The summed E-state index contributed by atoms with van der Waals surface area (Å²) in [5.74, 6) is -0.355. The summed E-state index contributed by atoms with van der Waals surface area (Å²) in [6.07, 6.45) is 3.28. The number of carbonyl (C=O) groups excluding carboxylic acids is 1. The summed E-state index contributed by atoms with van der Waals surface area (Å²) >= 11 is 0. The maximum absolute atomic E-state index is 12.0. The number of rotatable bonds is 2. The quantitative estimate of drug-likeness (QED) is 0.775. The van der Waals surface area contributed by atoms with Crippen LogP contribution in [0, 0.1) is 0 Å². The number of aromatic nitrogens is 2. The van der Waals surface area contributed by atoms with Crippen molar-refractivity contribution in [2.75, 3.05) is 0 Å². The molecule has 0 radical (unpaired) electrons. The van der Waals surface area contributed by atoms with E-state index in [-0.39, 0.29) is 5.97 Å². The van der Waals surface area contributed by atoms with Gasteiger partial charge in [-0.05, 0) is 45.0 Å². The van der Waals surface area contributed by atoms with E-state index in [2.05, 4.69) is 9.97 Å². The summed E-state index contributed by atoms with van der Waals surface area (Å²) in [5.41, 5.74) is 1.35. The van der Waals surface area contributed by atoms with Crippen LogP contribution in [0.1, 0.15) is 31.1 Å². The van der Waals surface area contributed by atoms with Gasteiger partial charge in [-0.25, -0.2) is 4.79 Å². The highest BCUT2D eigenvalue weighted by molar-refractivity contribution is 5.90. The predicted octanol–water partition coefficient (Wildman–Crippen LogP) is 3.10. The zero-order chi connectivity index (χ0) is 13.9. The van der Waals surface area contributed by atoms with Gasteiger partial charge in [0.1, 0.15) is 5.60 Å². The van der Waals surface area contributed by atoms with Gasteiger partial charge < -0.3 is 4.74 Å². The van der Waals surface area contributed by atoms with Crippen LogP contribution in [0.4, 0.5) is 0 Å². The van der Waals surface area contributed by atoms with Crippen LogP contribution in [0.3, 0.4) is 0 Å². The van der Waals surface area contributed by atoms with Crippen molar-refractivity contribution >= 4 is 5.97 Å². The van der Waals surface area contributed by atoms with Gasteiger partial charge in [0.2, 0.25) is 0 Å². The molecular formula is C15H16N2O2. The fourth-order valence-electron chi connectivity index (χ4n) is 1.55. The van der Waals surface area contributed by atoms with Crippen LogP contribution in [0.15, 0.2) is 42.7 Å². The summed E-state index contributed by atoms with van der Waals surface area (Å²) in [5, 5.41) is 0. The average Bonchev–Trinajstić information content (AvgIpc) is 2.38. The van der Waals surface area contributed by atoms with Crippen LogP contribution in [-0.4, -0.2) is 21.5 Å². The highest BCUT2D eigenvalue weighted by atomic mass is 16.6. The largest absolute Gasteiger partial charge is 0.456 e. The summed E-state index contributed by atoms with van der Waals surface area (Å²) in [4.78, 5) is 20.4. The van der Waals surface area contributed by atoms with E-state index in [0.29, 0.717) is 11.3 Å². The van der Waals surface area contributed by atoms with Crippen molar-refractivity contribution in [3.8, 4) is 11.4 Å². The maximum Gasteiger partial charge on any atom is 0.338 e. The van der Waals surface area contributed by atoms with Gasteiger partial charge in [-0.3, -0.25) is 9.97 Å². The molecule has 0 aliphatic heterocycles. The minimum atomic E-state index is -0.508. The van der Waals surface area contributed by atoms with Gasteiger partial charge in [0.25, 0.3) is 0 Å². The van der Waals surface area contributed by atoms with E-state index in [1.165, 1.54) is 0 Å². The molecule has 2 aromatic rings. The molecule has 0 amide bonds. The number of esters is 1. The molecule has 0 aromatic carbocycles. The highest BCUT2D eigenvalue weighted by Crippen LogP contribution is 2.17. The molecule has 0 bridgehead atoms. The van der Waals surface area contributed by atoms with E-state index < -0.39 is 5.60 Å². The topological polar surface area (TPSA) is 52.1 Å². The Morgan fingerprint density at radius 1 is 1.05 bits per heavy atom. The summed E-state index contributed by atoms with van der Waals surface area (Å²) in [6, 6.07) is 8.89. The molecule has 0 aliphatic rings. The number of hydrogen-bond donors (Lipinski definition) is 0. The van der Waals surface area contributed by atoms with Crippen LogP contribution in [-0.2, 0) is 4.74 Å². The Balaban J connectivity index is 2.28. The zero-order valence-electron chi connectivity index (χ0n) is 11.3. The third-order valence-electron chi connectivity index (χ3n) is 2.32. The van der Waals surface area contributed by atoms with E-state index in [4.69, 9.17) is 4.74 Å². The third kappa shape index (κ3) is 3.61. The first-order valence-electron chi connectivity index (χ1n) is 6.06. The zero-order valence-corrected chi connectivity index (χ0v) is 11.3. The summed E-state index contributed by atoms with van der Waals surface area (Å²) in [6.45, 7) is 5.52. The molecule has 0 saturated carbocycles. The second-order valence-corrected chi connectivity index (χ2v) is 5.15. The minimum absolute atomic E-state index is 0.355. The van der Waals surface area contributed by atoms with Gasteiger partial charge in [0, 0.05) is 12.4 Å². The second kappa shape index (κ2) is 5.18. The van der Waals surface area contributed by atoms with E-state index in [1.807, 2.05) is 39.0 Å². The van der Waals surface area contributed by atoms with Crippen LogP contribution in [0.25, 0.3) is 11.4 Å². The lowest BCUT2D eigenvalue weighted by atomic mass is 10.1. The fourth-order valence-corrected chi connectivity index (χ4v) is 1.55. The van der Waals surface area contributed by atoms with E-state index in [1.54, 1.807) is 24.5 Å². The number of hydrogen-bond acceptors (Lipinski definition) is 4. The Morgan fingerprint density at radius 3 is 2.42 bits per heavy atom. The first-order valence-corrected chi connectivity index (χ1v) is 6.06. The van der Waals surface area contributed by atoms with Crippen molar-refractivity contribution in [1.82, 2.24) is 9.97 Å². The van der Waals surface area contributed by atoms with Crippen LogP contribution in [0.5, 0.6) is 0 Å². The van der Waals surface area contributed by atoms with E-state index in [9.17, 15) is 4.79 Å². The standard InChI is InChI=1S/C15H16N2O2/c1-15(2,3)19-14(18)11-7-9-17-13(10-11)12-6-4-5-8-16-12/h4-10H,1-3H3. The van der Waals surface area contributed by atoms with Gasteiger partial charge in [-0.2, -0.15) is 0 Å². The highest BCUT2D eigenvalue weighted by Gasteiger charge is 2.18. The Labute approximate surface area is 112 Å². The molecule has 2 aromatic heterocycles. The molecule has 4 nitrogen and oxygen atoms in total. The fraction of sp³-hybridized carbons (Fsp3) is 0.267. The van der Waals surface area contributed by atoms with Crippen molar-refractivity contribution < 1.29 is 9.53 Å². The van der Waals surface area contributed by atoms with E-state index in [0.717, 1.165) is 5.69 Å². The normalized spacial score (nSPS) is 11.1. The van der Waals surface area contributed by atoms with Gasteiger partial charge in [-0.15, -0.1) is 0 Å². The molecule has 0 aliphatic carbocycles. The van der Waals surface area contributed by atoms with Crippen LogP contribution < -0.4 is 0 Å². The van der Waals surface area contributed by atoms with Gasteiger partial charge in [-0.1, -0.05) is 6.07 Å². The van der Waals surface area contributed by atoms with Crippen molar-refractivity contribution in [3.05, 3.63) is 48.3 Å². The molecule has 19 heavy (non-hydrogen) atoms. The first kappa shape index (κ1) is 13.2. The van der Waals surface area contributed by atoms with Gasteiger partial charge >= 0.3 is 5.97 Å². The molecule has 4 heteroatoms. The Hall–Kier alpha value is -2.23.